The van der Waals surface area contributed by atoms with Crippen molar-refractivity contribution in [2.75, 3.05) is 12.4 Å². The second-order valence-electron chi connectivity index (χ2n) is 4.84. The summed E-state index contributed by atoms with van der Waals surface area (Å²) in [6, 6.07) is 3.54. The molecule has 1 aromatic heterocycles. The van der Waals surface area contributed by atoms with Gasteiger partial charge in [-0.15, -0.1) is 0 Å². The first kappa shape index (κ1) is 15.5. The maximum absolute atomic E-state index is 12.2. The summed E-state index contributed by atoms with van der Waals surface area (Å²) in [4.78, 5) is 22.6. The van der Waals surface area contributed by atoms with E-state index in [1.807, 2.05) is 6.92 Å². The van der Waals surface area contributed by atoms with Crippen molar-refractivity contribution in [2.24, 2.45) is 0 Å². The highest BCUT2D eigenvalue weighted by atomic mass is 16.6. The number of nitrogens with one attached hydrogen (secondary N) is 1. The van der Waals surface area contributed by atoms with Gasteiger partial charge >= 0.3 is 0 Å². The molecule has 2 aromatic rings. The Balaban J connectivity index is 2.20. The van der Waals surface area contributed by atoms with Gasteiger partial charge in [0.05, 0.1) is 30.0 Å². The number of amides is 1. The topological polar surface area (TPSA) is 99.3 Å². The van der Waals surface area contributed by atoms with Gasteiger partial charge in [-0.25, -0.2) is 0 Å². The molecular formula is C14H16N4O4. The number of non-ortho nitro benzene ring substituents is 1. The molecule has 0 saturated heterocycles. The van der Waals surface area contributed by atoms with E-state index >= 15 is 0 Å². The van der Waals surface area contributed by atoms with E-state index in [-0.39, 0.29) is 11.6 Å². The Morgan fingerprint density at radius 2 is 2.18 bits per heavy atom. The van der Waals surface area contributed by atoms with Crippen molar-refractivity contribution in [2.45, 2.75) is 19.9 Å². The summed E-state index contributed by atoms with van der Waals surface area (Å²) in [5, 5.41) is 17.6. The monoisotopic (exact) mass is 304 g/mol. The van der Waals surface area contributed by atoms with Gasteiger partial charge in [0.25, 0.3) is 5.69 Å². The van der Waals surface area contributed by atoms with Crippen LogP contribution in [0.3, 0.4) is 0 Å². The Morgan fingerprint density at radius 3 is 2.73 bits per heavy atom. The summed E-state index contributed by atoms with van der Waals surface area (Å²) in [5.41, 5.74) is 1.08. The standard InChI is InChI=1S/C14H16N4O4/c1-9-7-15-17(8-9)10(2)14(19)16-11-4-12(18(20)21)6-13(5-11)22-3/h4-8,10H,1-3H3,(H,16,19). The minimum atomic E-state index is -0.543. The average Bonchev–Trinajstić information content (AvgIpc) is 2.92. The number of carbonyl (C=O) groups is 1. The lowest BCUT2D eigenvalue weighted by Gasteiger charge is -2.13. The molecule has 0 spiro atoms. The van der Waals surface area contributed by atoms with E-state index < -0.39 is 11.0 Å². The summed E-state index contributed by atoms with van der Waals surface area (Å²) in [7, 11) is 1.40. The number of nitro benzene ring substituents is 1. The molecule has 1 N–H and O–H groups in total. The fourth-order valence-electron chi connectivity index (χ4n) is 1.89. The minimum absolute atomic E-state index is 0.155. The fraction of sp³-hybridized carbons (Fsp3) is 0.286. The molecule has 8 heteroatoms. The van der Waals surface area contributed by atoms with Crippen molar-refractivity contribution >= 4 is 17.3 Å². The Kier molecular flexibility index (Phi) is 4.40. The Morgan fingerprint density at radius 1 is 1.45 bits per heavy atom. The van der Waals surface area contributed by atoms with Crippen molar-refractivity contribution in [1.82, 2.24) is 9.78 Å². The van der Waals surface area contributed by atoms with Crippen LogP contribution in [-0.2, 0) is 4.79 Å². The highest BCUT2D eigenvalue weighted by molar-refractivity contribution is 5.93. The molecule has 0 radical (unpaired) electrons. The van der Waals surface area contributed by atoms with Crippen LogP contribution in [0.2, 0.25) is 0 Å². The second kappa shape index (κ2) is 6.25. The van der Waals surface area contributed by atoms with E-state index in [0.29, 0.717) is 11.4 Å². The van der Waals surface area contributed by atoms with Gasteiger partial charge in [-0.1, -0.05) is 0 Å². The highest BCUT2D eigenvalue weighted by Crippen LogP contribution is 2.26. The Hall–Kier alpha value is -2.90. The fourth-order valence-corrected chi connectivity index (χ4v) is 1.89. The molecule has 8 nitrogen and oxygen atoms in total. The molecule has 1 atom stereocenters. The van der Waals surface area contributed by atoms with Gasteiger partial charge < -0.3 is 10.1 Å². The van der Waals surface area contributed by atoms with Gasteiger partial charge in [0.1, 0.15) is 11.8 Å². The molecule has 2 rings (SSSR count). The number of anilines is 1. The van der Waals surface area contributed by atoms with Gasteiger partial charge in [-0.2, -0.15) is 5.10 Å². The van der Waals surface area contributed by atoms with Crippen molar-refractivity contribution in [3.63, 3.8) is 0 Å². The zero-order valence-corrected chi connectivity index (χ0v) is 12.4. The predicted molar refractivity (Wildman–Crippen MR) is 80.0 cm³/mol. The molecule has 116 valence electrons. The van der Waals surface area contributed by atoms with Crippen LogP contribution >= 0.6 is 0 Å². The zero-order valence-electron chi connectivity index (χ0n) is 12.4. The van der Waals surface area contributed by atoms with Gasteiger partial charge in [-0.05, 0) is 19.4 Å². The van der Waals surface area contributed by atoms with Crippen molar-refractivity contribution < 1.29 is 14.5 Å². The SMILES string of the molecule is COc1cc(NC(=O)C(C)n2cc(C)cn2)cc([N+](=O)[O-])c1. The number of carbonyl (C=O) groups excluding carboxylic acids is 1. The van der Waals surface area contributed by atoms with Crippen LogP contribution in [0.25, 0.3) is 0 Å². The molecule has 22 heavy (non-hydrogen) atoms. The summed E-state index contributed by atoms with van der Waals surface area (Å²) >= 11 is 0. The minimum Gasteiger partial charge on any atom is -0.496 e. The first-order chi connectivity index (χ1) is 10.4. The number of methoxy groups -OCH3 is 1. The van der Waals surface area contributed by atoms with Crippen LogP contribution in [0.5, 0.6) is 5.75 Å². The smallest absolute Gasteiger partial charge is 0.275 e. The van der Waals surface area contributed by atoms with E-state index in [1.54, 1.807) is 19.3 Å². The van der Waals surface area contributed by atoms with E-state index in [9.17, 15) is 14.9 Å². The molecule has 0 aliphatic rings. The lowest BCUT2D eigenvalue weighted by atomic mass is 10.2. The zero-order chi connectivity index (χ0) is 16.3. The van der Waals surface area contributed by atoms with Gasteiger partial charge in [0, 0.05) is 18.3 Å². The quantitative estimate of drug-likeness (QED) is 0.675. The largest absolute Gasteiger partial charge is 0.496 e. The summed E-state index contributed by atoms with van der Waals surface area (Å²) in [5.74, 6) is -0.0299. The van der Waals surface area contributed by atoms with Gasteiger partial charge in [0.2, 0.25) is 5.91 Å². The second-order valence-corrected chi connectivity index (χ2v) is 4.84. The lowest BCUT2D eigenvalue weighted by molar-refractivity contribution is -0.384. The first-order valence-electron chi connectivity index (χ1n) is 6.56. The number of nitrogens with zero attached hydrogens (tertiary/aromatic N) is 3. The highest BCUT2D eigenvalue weighted by Gasteiger charge is 2.18. The number of benzene rings is 1. The molecule has 1 unspecified atom stereocenters. The Bertz CT molecular complexity index is 711. The molecule has 0 aliphatic heterocycles. The summed E-state index contributed by atoms with van der Waals surface area (Å²) in [6.45, 7) is 3.57. The normalized spacial score (nSPS) is 11.8. The predicted octanol–water partition coefficient (Wildman–Crippen LogP) is 2.31. The molecule has 1 amide bonds. The van der Waals surface area contributed by atoms with Crippen molar-refractivity contribution in [3.05, 3.63) is 46.3 Å². The number of aryl methyl sites for hydroxylation is 1. The number of nitro groups is 1. The molecule has 0 saturated carbocycles. The Labute approximate surface area is 126 Å². The van der Waals surface area contributed by atoms with Crippen LogP contribution in [0.15, 0.2) is 30.6 Å². The molecule has 0 bridgehead atoms. The lowest BCUT2D eigenvalue weighted by Crippen LogP contribution is -2.24. The van der Waals surface area contributed by atoms with Crippen LogP contribution in [0.1, 0.15) is 18.5 Å². The van der Waals surface area contributed by atoms with E-state index in [1.165, 1.54) is 30.0 Å². The van der Waals surface area contributed by atoms with Crippen LogP contribution in [0.4, 0.5) is 11.4 Å². The number of hydrogen-bond acceptors (Lipinski definition) is 5. The van der Waals surface area contributed by atoms with E-state index in [2.05, 4.69) is 10.4 Å². The number of rotatable bonds is 5. The van der Waals surface area contributed by atoms with Crippen molar-refractivity contribution in [3.8, 4) is 5.75 Å². The maximum Gasteiger partial charge on any atom is 0.275 e. The number of ether oxygens (including phenoxy) is 1. The number of hydrogen-bond donors (Lipinski definition) is 1. The van der Waals surface area contributed by atoms with E-state index in [0.717, 1.165) is 5.56 Å². The van der Waals surface area contributed by atoms with Crippen LogP contribution < -0.4 is 10.1 Å². The summed E-state index contributed by atoms with van der Waals surface area (Å²) < 4.78 is 6.53. The number of aromatic nitrogens is 2. The molecule has 1 aromatic carbocycles. The molecule has 0 fully saturated rings. The van der Waals surface area contributed by atoms with Gasteiger partial charge in [-0.3, -0.25) is 19.6 Å². The molecule has 0 aliphatic carbocycles. The maximum atomic E-state index is 12.2. The van der Waals surface area contributed by atoms with E-state index in [4.69, 9.17) is 4.74 Å². The summed E-state index contributed by atoms with van der Waals surface area (Å²) in [6.07, 6.45) is 3.40. The molecular weight excluding hydrogens is 288 g/mol. The van der Waals surface area contributed by atoms with Crippen LogP contribution in [0, 0.1) is 17.0 Å². The van der Waals surface area contributed by atoms with Gasteiger partial charge in [0.15, 0.2) is 0 Å². The van der Waals surface area contributed by atoms with Crippen molar-refractivity contribution in [1.29, 1.82) is 0 Å². The average molecular weight is 304 g/mol. The third-order valence-electron chi connectivity index (χ3n) is 3.11. The third-order valence-corrected chi connectivity index (χ3v) is 3.11. The van der Waals surface area contributed by atoms with Crippen LogP contribution in [-0.4, -0.2) is 27.7 Å². The first-order valence-corrected chi connectivity index (χ1v) is 6.56. The third kappa shape index (κ3) is 3.40. The molecule has 1 heterocycles.